The molecular weight excluding hydrogens is 352 g/mol. The summed E-state index contributed by atoms with van der Waals surface area (Å²) in [7, 11) is 1.70. The first-order valence-corrected chi connectivity index (χ1v) is 10.3. The van der Waals surface area contributed by atoms with Gasteiger partial charge in [0.1, 0.15) is 11.8 Å². The Morgan fingerprint density at radius 2 is 1.96 bits per heavy atom. The van der Waals surface area contributed by atoms with Crippen molar-refractivity contribution in [1.82, 2.24) is 10.2 Å². The van der Waals surface area contributed by atoms with Gasteiger partial charge < -0.3 is 19.7 Å². The number of ether oxygens (including phenoxy) is 2. The molecule has 0 saturated carbocycles. The molecule has 1 fully saturated rings. The van der Waals surface area contributed by atoms with Gasteiger partial charge in [-0.3, -0.25) is 9.59 Å². The van der Waals surface area contributed by atoms with Crippen LogP contribution >= 0.6 is 11.8 Å². The van der Waals surface area contributed by atoms with E-state index in [2.05, 4.69) is 5.32 Å². The van der Waals surface area contributed by atoms with Crippen molar-refractivity contribution in [3.8, 4) is 5.75 Å². The van der Waals surface area contributed by atoms with Gasteiger partial charge in [-0.25, -0.2) is 0 Å². The number of benzene rings is 1. The van der Waals surface area contributed by atoms with Gasteiger partial charge in [0.05, 0.1) is 6.10 Å². The Kier molecular flexibility index (Phi) is 8.77. The second-order valence-electron chi connectivity index (χ2n) is 6.26. The number of hydrogen-bond donors (Lipinski definition) is 1. The molecule has 6 nitrogen and oxygen atoms in total. The van der Waals surface area contributed by atoms with Crippen LogP contribution in [0.1, 0.15) is 19.3 Å². The minimum atomic E-state index is -0.506. The number of hydrogen-bond acceptors (Lipinski definition) is 5. The fraction of sp³-hybridized carbons (Fsp3) is 0.579. The van der Waals surface area contributed by atoms with Crippen LogP contribution in [0.15, 0.2) is 30.3 Å². The van der Waals surface area contributed by atoms with E-state index in [0.717, 1.165) is 18.6 Å². The summed E-state index contributed by atoms with van der Waals surface area (Å²) in [4.78, 5) is 26.9. The van der Waals surface area contributed by atoms with E-state index in [9.17, 15) is 9.59 Å². The average Bonchev–Trinajstić information content (AvgIpc) is 2.70. The lowest BCUT2D eigenvalue weighted by molar-refractivity contribution is -0.138. The Labute approximate surface area is 159 Å². The maximum absolute atomic E-state index is 12.8. The summed E-state index contributed by atoms with van der Waals surface area (Å²) in [6.07, 6.45) is 4.50. The van der Waals surface area contributed by atoms with Crippen LogP contribution < -0.4 is 10.1 Å². The van der Waals surface area contributed by atoms with Gasteiger partial charge >= 0.3 is 0 Å². The molecule has 1 aliphatic rings. The third-order valence-corrected chi connectivity index (χ3v) is 5.09. The van der Waals surface area contributed by atoms with Crippen molar-refractivity contribution < 1.29 is 19.1 Å². The van der Waals surface area contributed by atoms with Gasteiger partial charge in [0.2, 0.25) is 5.91 Å². The number of para-hydroxylation sites is 1. The summed E-state index contributed by atoms with van der Waals surface area (Å²) < 4.78 is 10.8. The van der Waals surface area contributed by atoms with E-state index in [1.165, 1.54) is 0 Å². The van der Waals surface area contributed by atoms with Crippen molar-refractivity contribution in [3.63, 3.8) is 0 Å². The van der Waals surface area contributed by atoms with Crippen molar-refractivity contribution in [2.75, 3.05) is 38.8 Å². The highest BCUT2D eigenvalue weighted by molar-refractivity contribution is 7.98. The lowest BCUT2D eigenvalue weighted by Crippen LogP contribution is -2.52. The Morgan fingerprint density at radius 1 is 1.27 bits per heavy atom. The number of rotatable bonds is 9. The van der Waals surface area contributed by atoms with E-state index >= 15 is 0 Å². The highest BCUT2D eigenvalue weighted by Crippen LogP contribution is 2.15. The Morgan fingerprint density at radius 3 is 2.58 bits per heavy atom. The normalized spacial score (nSPS) is 16.2. The van der Waals surface area contributed by atoms with Crippen LogP contribution in [0.3, 0.4) is 0 Å². The van der Waals surface area contributed by atoms with E-state index in [4.69, 9.17) is 9.47 Å². The molecule has 26 heavy (non-hydrogen) atoms. The van der Waals surface area contributed by atoms with Crippen LogP contribution in [-0.4, -0.2) is 67.7 Å². The minimum Gasteiger partial charge on any atom is -0.484 e. The summed E-state index contributed by atoms with van der Waals surface area (Å²) in [5.41, 5.74) is 0. The number of carbonyl (C=O) groups is 2. The molecule has 2 amide bonds. The molecule has 1 aromatic rings. The summed E-state index contributed by atoms with van der Waals surface area (Å²) in [5, 5.41) is 2.84. The molecule has 0 aliphatic carbocycles. The van der Waals surface area contributed by atoms with Gasteiger partial charge in [-0.1, -0.05) is 18.2 Å². The van der Waals surface area contributed by atoms with Gasteiger partial charge in [-0.15, -0.1) is 0 Å². The molecule has 7 heteroatoms. The molecule has 0 bridgehead atoms. The number of piperidine rings is 1. The lowest BCUT2D eigenvalue weighted by atomic mass is 10.1. The lowest BCUT2D eigenvalue weighted by Gasteiger charge is -2.33. The standard InChI is InChI=1S/C19H28N2O4S/c1-24-15-8-11-21(12-9-15)19(23)17(10-13-26-2)20-18(22)14-25-16-6-4-3-5-7-16/h3-7,15,17H,8-14H2,1-2H3,(H,20,22). The van der Waals surface area contributed by atoms with Crippen molar-refractivity contribution in [1.29, 1.82) is 0 Å². The van der Waals surface area contributed by atoms with Crippen molar-refractivity contribution in [2.24, 2.45) is 0 Å². The number of thioether (sulfide) groups is 1. The van der Waals surface area contributed by atoms with Crippen molar-refractivity contribution in [2.45, 2.75) is 31.4 Å². The molecule has 0 radical (unpaired) electrons. The molecule has 2 rings (SSSR count). The molecule has 0 aromatic heterocycles. The maximum atomic E-state index is 12.8. The van der Waals surface area contributed by atoms with Crippen LogP contribution in [0, 0.1) is 0 Å². The second kappa shape index (κ2) is 11.1. The molecule has 144 valence electrons. The Hall–Kier alpha value is -1.73. The zero-order chi connectivity index (χ0) is 18.8. The van der Waals surface area contributed by atoms with Crippen LogP contribution in [0.25, 0.3) is 0 Å². The summed E-state index contributed by atoms with van der Waals surface area (Å²) in [6.45, 7) is 1.24. The monoisotopic (exact) mass is 380 g/mol. The topological polar surface area (TPSA) is 67.9 Å². The quantitative estimate of drug-likeness (QED) is 0.709. The first kappa shape index (κ1) is 20.6. The molecule has 1 heterocycles. The first-order valence-electron chi connectivity index (χ1n) is 8.91. The van der Waals surface area contributed by atoms with Gasteiger partial charge in [-0.05, 0) is 43.4 Å². The Balaban J connectivity index is 1.87. The molecule has 1 N–H and O–H groups in total. The van der Waals surface area contributed by atoms with E-state index in [0.29, 0.717) is 25.3 Å². The summed E-state index contributed by atoms with van der Waals surface area (Å²) >= 11 is 1.66. The molecule has 1 aromatic carbocycles. The first-order chi connectivity index (χ1) is 12.6. The highest BCUT2D eigenvalue weighted by atomic mass is 32.2. The number of methoxy groups -OCH3 is 1. The van der Waals surface area contributed by atoms with Crippen LogP contribution in [0.4, 0.5) is 0 Å². The fourth-order valence-electron chi connectivity index (χ4n) is 2.93. The van der Waals surface area contributed by atoms with Crippen LogP contribution in [0.5, 0.6) is 5.75 Å². The number of amides is 2. The predicted octanol–water partition coefficient (Wildman–Crippen LogP) is 1.94. The van der Waals surface area contributed by atoms with Gasteiger partial charge in [0, 0.05) is 20.2 Å². The Bertz CT molecular complexity index is 562. The molecule has 1 atom stereocenters. The van der Waals surface area contributed by atoms with Gasteiger partial charge in [0.25, 0.3) is 5.91 Å². The predicted molar refractivity (Wildman–Crippen MR) is 103 cm³/mol. The molecule has 1 saturated heterocycles. The third-order valence-electron chi connectivity index (χ3n) is 4.44. The molecular formula is C19H28N2O4S. The smallest absolute Gasteiger partial charge is 0.258 e. The second-order valence-corrected chi connectivity index (χ2v) is 7.25. The molecule has 1 aliphatic heterocycles. The van der Waals surface area contributed by atoms with Crippen molar-refractivity contribution in [3.05, 3.63) is 30.3 Å². The maximum Gasteiger partial charge on any atom is 0.258 e. The number of likely N-dealkylation sites (tertiary alicyclic amines) is 1. The van der Waals surface area contributed by atoms with E-state index in [-0.39, 0.29) is 24.5 Å². The minimum absolute atomic E-state index is 0.0123. The third kappa shape index (κ3) is 6.53. The fourth-order valence-corrected chi connectivity index (χ4v) is 3.40. The van der Waals surface area contributed by atoms with Gasteiger partial charge in [0.15, 0.2) is 6.61 Å². The molecule has 0 spiro atoms. The van der Waals surface area contributed by atoms with Crippen molar-refractivity contribution >= 4 is 23.6 Å². The average molecular weight is 381 g/mol. The number of nitrogens with one attached hydrogen (secondary N) is 1. The van der Waals surface area contributed by atoms with Crippen LogP contribution in [0.2, 0.25) is 0 Å². The van der Waals surface area contributed by atoms with E-state index < -0.39 is 6.04 Å². The zero-order valence-electron chi connectivity index (χ0n) is 15.5. The molecule has 1 unspecified atom stereocenters. The summed E-state index contributed by atoms with van der Waals surface area (Å²) in [5.74, 6) is 1.16. The van der Waals surface area contributed by atoms with Gasteiger partial charge in [-0.2, -0.15) is 11.8 Å². The number of nitrogens with zero attached hydrogens (tertiary/aromatic N) is 1. The largest absolute Gasteiger partial charge is 0.484 e. The highest BCUT2D eigenvalue weighted by Gasteiger charge is 2.29. The number of carbonyl (C=O) groups excluding carboxylic acids is 2. The summed E-state index contributed by atoms with van der Waals surface area (Å²) in [6, 6.07) is 8.67. The van der Waals surface area contributed by atoms with Crippen LogP contribution in [-0.2, 0) is 14.3 Å². The van der Waals surface area contributed by atoms with E-state index in [1.807, 2.05) is 29.4 Å². The SMILES string of the molecule is COC1CCN(C(=O)C(CCSC)NC(=O)COc2ccccc2)CC1. The van der Waals surface area contributed by atoms with E-state index in [1.54, 1.807) is 31.0 Å². The zero-order valence-corrected chi connectivity index (χ0v) is 16.3.